The van der Waals surface area contributed by atoms with Crippen molar-refractivity contribution in [2.45, 2.75) is 13.3 Å². The van der Waals surface area contributed by atoms with Crippen molar-refractivity contribution in [3.8, 4) is 0 Å². The van der Waals surface area contributed by atoms with Gasteiger partial charge in [-0.25, -0.2) is 0 Å². The van der Waals surface area contributed by atoms with Gasteiger partial charge in [0.2, 0.25) is 0 Å². The van der Waals surface area contributed by atoms with E-state index in [1.807, 2.05) is 24.7 Å². The first-order chi connectivity index (χ1) is 4.24. The molecule has 0 aromatic carbocycles. The third-order valence-electron chi connectivity index (χ3n) is 1.36. The first-order valence-electron chi connectivity index (χ1n) is 3.03. The van der Waals surface area contributed by atoms with Crippen molar-refractivity contribution in [1.29, 1.82) is 0 Å². The van der Waals surface area contributed by atoms with Crippen LogP contribution in [0.2, 0.25) is 0 Å². The number of rotatable bonds is 1. The molecule has 0 unspecified atom stereocenters. The van der Waals surface area contributed by atoms with Gasteiger partial charge in [-0.2, -0.15) is 5.10 Å². The fraction of sp³-hybridized carbons (Fsp3) is 0.429. The van der Waals surface area contributed by atoms with E-state index in [2.05, 4.69) is 12.0 Å². The summed E-state index contributed by atoms with van der Waals surface area (Å²) in [6.45, 7) is 5.75. The molecule has 1 rings (SSSR count). The van der Waals surface area contributed by atoms with Gasteiger partial charge in [0, 0.05) is 12.7 Å². The van der Waals surface area contributed by atoms with Crippen LogP contribution in [0.4, 0.5) is 0 Å². The molecule has 2 nitrogen and oxygen atoms in total. The summed E-state index contributed by atoms with van der Waals surface area (Å²) in [4.78, 5) is 0. The SMILES string of the molecule is [CH2]Cc1cc(C)nn1C. The zero-order valence-electron chi connectivity index (χ0n) is 5.89. The molecule has 0 aliphatic heterocycles. The Labute approximate surface area is 55.5 Å². The highest BCUT2D eigenvalue weighted by Gasteiger charge is 1.96. The molecule has 1 aromatic rings. The third-order valence-corrected chi connectivity index (χ3v) is 1.36. The van der Waals surface area contributed by atoms with E-state index in [1.165, 1.54) is 5.69 Å². The monoisotopic (exact) mass is 123 g/mol. The maximum absolute atomic E-state index is 4.16. The van der Waals surface area contributed by atoms with Crippen LogP contribution in [-0.4, -0.2) is 9.78 Å². The van der Waals surface area contributed by atoms with Crippen molar-refractivity contribution in [3.63, 3.8) is 0 Å². The summed E-state index contributed by atoms with van der Waals surface area (Å²) in [6.07, 6.45) is 0.817. The van der Waals surface area contributed by atoms with Crippen molar-refractivity contribution in [3.05, 3.63) is 24.4 Å². The van der Waals surface area contributed by atoms with E-state index in [-0.39, 0.29) is 0 Å². The second-order valence-corrected chi connectivity index (χ2v) is 2.15. The molecule has 49 valence electrons. The maximum atomic E-state index is 4.16. The largest absolute Gasteiger partial charge is 0.272 e. The van der Waals surface area contributed by atoms with Gasteiger partial charge in [0.1, 0.15) is 0 Å². The van der Waals surface area contributed by atoms with Gasteiger partial charge >= 0.3 is 0 Å². The highest BCUT2D eigenvalue weighted by molar-refractivity contribution is 5.08. The minimum Gasteiger partial charge on any atom is -0.272 e. The highest BCUT2D eigenvalue weighted by Crippen LogP contribution is 2.00. The third kappa shape index (κ3) is 1.12. The summed E-state index contributed by atoms with van der Waals surface area (Å²) in [5.74, 6) is 0. The first-order valence-corrected chi connectivity index (χ1v) is 3.03. The molecule has 0 saturated heterocycles. The van der Waals surface area contributed by atoms with E-state index in [0.717, 1.165) is 12.1 Å². The van der Waals surface area contributed by atoms with Crippen molar-refractivity contribution < 1.29 is 0 Å². The molecule has 2 heteroatoms. The lowest BCUT2D eigenvalue weighted by Crippen LogP contribution is -1.95. The molecule has 0 fully saturated rings. The van der Waals surface area contributed by atoms with Crippen molar-refractivity contribution in [2.75, 3.05) is 0 Å². The highest BCUT2D eigenvalue weighted by atomic mass is 15.3. The Morgan fingerprint density at radius 3 is 2.67 bits per heavy atom. The van der Waals surface area contributed by atoms with Crippen LogP contribution in [0.25, 0.3) is 0 Å². The zero-order valence-corrected chi connectivity index (χ0v) is 5.89. The molecule has 0 aliphatic rings. The molecule has 0 bridgehead atoms. The second-order valence-electron chi connectivity index (χ2n) is 2.15. The molecular formula is C7H11N2. The van der Waals surface area contributed by atoms with Crippen LogP contribution in [0, 0.1) is 13.8 Å². The Balaban J connectivity index is 3.01. The number of aryl methyl sites for hydroxylation is 2. The van der Waals surface area contributed by atoms with Gasteiger partial charge in [0.05, 0.1) is 5.69 Å². The molecule has 0 aliphatic carbocycles. The van der Waals surface area contributed by atoms with Crippen LogP contribution >= 0.6 is 0 Å². The van der Waals surface area contributed by atoms with Crippen LogP contribution in [0.15, 0.2) is 6.07 Å². The smallest absolute Gasteiger partial charge is 0.0596 e. The number of aromatic nitrogens is 2. The van der Waals surface area contributed by atoms with Crippen LogP contribution in [-0.2, 0) is 13.5 Å². The van der Waals surface area contributed by atoms with Gasteiger partial charge < -0.3 is 0 Å². The lowest BCUT2D eigenvalue weighted by molar-refractivity contribution is 0.719. The van der Waals surface area contributed by atoms with Crippen LogP contribution < -0.4 is 0 Å². The average Bonchev–Trinajstić information content (AvgIpc) is 2.10. The summed E-state index contributed by atoms with van der Waals surface area (Å²) in [5, 5.41) is 4.16. The first kappa shape index (κ1) is 6.33. The summed E-state index contributed by atoms with van der Waals surface area (Å²) in [7, 11) is 1.94. The van der Waals surface area contributed by atoms with Crippen molar-refractivity contribution >= 4 is 0 Å². The van der Waals surface area contributed by atoms with E-state index in [0.29, 0.717) is 0 Å². The predicted octanol–water partition coefficient (Wildman–Crippen LogP) is 1.11. The van der Waals surface area contributed by atoms with E-state index in [1.54, 1.807) is 0 Å². The molecular weight excluding hydrogens is 112 g/mol. The van der Waals surface area contributed by atoms with Crippen LogP contribution in [0.5, 0.6) is 0 Å². The Morgan fingerprint density at radius 2 is 2.44 bits per heavy atom. The van der Waals surface area contributed by atoms with Gasteiger partial charge in [-0.1, -0.05) is 0 Å². The molecule has 1 heterocycles. The molecule has 0 N–H and O–H groups in total. The average molecular weight is 123 g/mol. The minimum absolute atomic E-state index is 0.817. The van der Waals surface area contributed by atoms with Gasteiger partial charge in [-0.15, -0.1) is 0 Å². The molecule has 0 spiro atoms. The summed E-state index contributed by atoms with van der Waals surface area (Å²) in [5.41, 5.74) is 2.25. The quantitative estimate of drug-likeness (QED) is 0.547. The van der Waals surface area contributed by atoms with Gasteiger partial charge in [-0.05, 0) is 26.3 Å². The number of hydrogen-bond donors (Lipinski definition) is 0. The number of hydrogen-bond acceptors (Lipinski definition) is 1. The molecule has 0 saturated carbocycles. The van der Waals surface area contributed by atoms with E-state index >= 15 is 0 Å². The van der Waals surface area contributed by atoms with Crippen LogP contribution in [0.1, 0.15) is 11.4 Å². The molecule has 0 atom stereocenters. The summed E-state index contributed by atoms with van der Waals surface area (Å²) < 4.78 is 1.86. The number of nitrogens with zero attached hydrogens (tertiary/aromatic N) is 2. The lowest BCUT2D eigenvalue weighted by Gasteiger charge is -1.92. The predicted molar refractivity (Wildman–Crippen MR) is 37.0 cm³/mol. The summed E-state index contributed by atoms with van der Waals surface area (Å²) >= 11 is 0. The molecule has 0 amide bonds. The van der Waals surface area contributed by atoms with Crippen molar-refractivity contribution in [1.82, 2.24) is 9.78 Å². The van der Waals surface area contributed by atoms with Gasteiger partial charge in [0.15, 0.2) is 0 Å². The van der Waals surface area contributed by atoms with Crippen molar-refractivity contribution in [2.24, 2.45) is 7.05 Å². The molecule has 9 heavy (non-hydrogen) atoms. The summed E-state index contributed by atoms with van der Waals surface area (Å²) in [6, 6.07) is 2.05. The minimum atomic E-state index is 0.817. The van der Waals surface area contributed by atoms with Crippen LogP contribution in [0.3, 0.4) is 0 Å². The fourth-order valence-electron chi connectivity index (χ4n) is 0.898. The Bertz CT molecular complexity index is 201. The Morgan fingerprint density at radius 1 is 1.78 bits per heavy atom. The Hall–Kier alpha value is -0.790. The Kier molecular flexibility index (Phi) is 1.56. The molecule has 1 radical (unpaired) electrons. The maximum Gasteiger partial charge on any atom is 0.0596 e. The topological polar surface area (TPSA) is 17.8 Å². The van der Waals surface area contributed by atoms with Gasteiger partial charge in [0.25, 0.3) is 0 Å². The lowest BCUT2D eigenvalue weighted by atomic mass is 10.3. The standard InChI is InChI=1S/C7H11N2/c1-4-7-5-6(2)8-9(7)3/h5H,1,4H2,2-3H3. The van der Waals surface area contributed by atoms with E-state index in [9.17, 15) is 0 Å². The van der Waals surface area contributed by atoms with Gasteiger partial charge in [-0.3, -0.25) is 4.68 Å². The second kappa shape index (κ2) is 2.21. The van der Waals surface area contributed by atoms with E-state index < -0.39 is 0 Å². The van der Waals surface area contributed by atoms with E-state index in [4.69, 9.17) is 0 Å². The normalized spacial score (nSPS) is 10.1. The fourth-order valence-corrected chi connectivity index (χ4v) is 0.898. The zero-order chi connectivity index (χ0) is 6.85. The molecule has 1 aromatic heterocycles.